The van der Waals surface area contributed by atoms with Gasteiger partial charge in [0.15, 0.2) is 0 Å². The molecule has 5 nitrogen and oxygen atoms in total. The molecule has 5 heteroatoms. The highest BCUT2D eigenvalue weighted by atomic mass is 16.5. The summed E-state index contributed by atoms with van der Waals surface area (Å²) in [5.74, 6) is 2.54. The Balaban J connectivity index is 2.06. The molecule has 1 aliphatic carbocycles. The average molecular weight is 264 g/mol. The van der Waals surface area contributed by atoms with E-state index in [-0.39, 0.29) is 0 Å². The summed E-state index contributed by atoms with van der Waals surface area (Å²) in [5, 5.41) is 0. The summed E-state index contributed by atoms with van der Waals surface area (Å²) in [6, 6.07) is 0. The molecule has 1 aromatic rings. The van der Waals surface area contributed by atoms with Crippen LogP contribution in [0, 0.1) is 0 Å². The number of nitrogens with two attached hydrogens (primary N) is 1. The second-order valence-corrected chi connectivity index (χ2v) is 5.25. The molecule has 19 heavy (non-hydrogen) atoms. The van der Waals surface area contributed by atoms with E-state index in [1.807, 2.05) is 0 Å². The SMILES string of the molecule is COCCCc1nc(N)nc(C2CCCCCC2)n1. The average Bonchev–Trinajstić information content (AvgIpc) is 2.67. The van der Waals surface area contributed by atoms with Gasteiger partial charge in [0.2, 0.25) is 5.95 Å². The largest absolute Gasteiger partial charge is 0.385 e. The third-order valence-electron chi connectivity index (χ3n) is 3.69. The van der Waals surface area contributed by atoms with Crippen molar-refractivity contribution in [3.8, 4) is 0 Å². The van der Waals surface area contributed by atoms with Gasteiger partial charge in [-0.1, -0.05) is 25.7 Å². The Morgan fingerprint density at radius 3 is 2.53 bits per heavy atom. The zero-order valence-electron chi connectivity index (χ0n) is 11.8. The third-order valence-corrected chi connectivity index (χ3v) is 3.69. The van der Waals surface area contributed by atoms with Crippen molar-refractivity contribution in [2.45, 2.75) is 57.3 Å². The summed E-state index contributed by atoms with van der Waals surface area (Å²) in [6.45, 7) is 0.727. The van der Waals surface area contributed by atoms with Gasteiger partial charge >= 0.3 is 0 Å². The fourth-order valence-corrected chi connectivity index (χ4v) is 2.66. The summed E-state index contributed by atoms with van der Waals surface area (Å²) in [7, 11) is 1.71. The fraction of sp³-hybridized carbons (Fsp3) is 0.786. The summed E-state index contributed by atoms with van der Waals surface area (Å²) in [6.07, 6.45) is 9.30. The predicted molar refractivity (Wildman–Crippen MR) is 74.9 cm³/mol. The molecule has 0 unspecified atom stereocenters. The van der Waals surface area contributed by atoms with Crippen LogP contribution in [0.2, 0.25) is 0 Å². The van der Waals surface area contributed by atoms with E-state index >= 15 is 0 Å². The van der Waals surface area contributed by atoms with Gasteiger partial charge in [0.05, 0.1) is 0 Å². The zero-order valence-corrected chi connectivity index (χ0v) is 11.8. The van der Waals surface area contributed by atoms with Gasteiger partial charge in [-0.15, -0.1) is 0 Å². The van der Waals surface area contributed by atoms with E-state index in [0.29, 0.717) is 11.9 Å². The van der Waals surface area contributed by atoms with Crippen molar-refractivity contribution in [2.75, 3.05) is 19.5 Å². The highest BCUT2D eigenvalue weighted by Crippen LogP contribution is 2.29. The first-order valence-corrected chi connectivity index (χ1v) is 7.29. The lowest BCUT2D eigenvalue weighted by atomic mass is 9.99. The van der Waals surface area contributed by atoms with E-state index < -0.39 is 0 Å². The molecule has 0 saturated heterocycles. The lowest BCUT2D eigenvalue weighted by Gasteiger charge is -2.13. The minimum atomic E-state index is 0.363. The van der Waals surface area contributed by atoms with Crippen LogP contribution in [0.25, 0.3) is 0 Å². The Bertz CT molecular complexity index is 389. The molecule has 0 atom stereocenters. The van der Waals surface area contributed by atoms with Gasteiger partial charge < -0.3 is 10.5 Å². The Morgan fingerprint density at radius 1 is 1.11 bits per heavy atom. The summed E-state index contributed by atoms with van der Waals surface area (Å²) >= 11 is 0. The van der Waals surface area contributed by atoms with E-state index in [0.717, 1.165) is 31.1 Å². The minimum Gasteiger partial charge on any atom is -0.385 e. The summed E-state index contributed by atoms with van der Waals surface area (Å²) < 4.78 is 5.05. The molecular weight excluding hydrogens is 240 g/mol. The topological polar surface area (TPSA) is 73.9 Å². The van der Waals surface area contributed by atoms with Crippen LogP contribution in [0.1, 0.15) is 62.5 Å². The molecule has 1 aromatic heterocycles. The van der Waals surface area contributed by atoms with Crippen molar-refractivity contribution in [2.24, 2.45) is 0 Å². The maximum atomic E-state index is 5.82. The Morgan fingerprint density at radius 2 is 1.84 bits per heavy atom. The summed E-state index contributed by atoms with van der Waals surface area (Å²) in [5.41, 5.74) is 5.82. The molecule has 0 spiro atoms. The molecule has 1 fully saturated rings. The maximum Gasteiger partial charge on any atom is 0.223 e. The van der Waals surface area contributed by atoms with Crippen molar-refractivity contribution < 1.29 is 4.74 Å². The second kappa shape index (κ2) is 7.38. The first-order valence-electron chi connectivity index (χ1n) is 7.29. The van der Waals surface area contributed by atoms with Crippen molar-refractivity contribution >= 4 is 5.95 Å². The molecule has 0 aromatic carbocycles. The highest BCUT2D eigenvalue weighted by molar-refractivity contribution is 5.17. The minimum absolute atomic E-state index is 0.363. The molecule has 106 valence electrons. The number of nitrogen functional groups attached to an aromatic ring is 1. The van der Waals surface area contributed by atoms with Gasteiger partial charge in [-0.3, -0.25) is 0 Å². The van der Waals surface area contributed by atoms with Gasteiger partial charge in [0, 0.05) is 26.1 Å². The number of anilines is 1. The monoisotopic (exact) mass is 264 g/mol. The molecular formula is C14H24N4O. The molecule has 1 aliphatic rings. The van der Waals surface area contributed by atoms with E-state index in [1.165, 1.54) is 38.5 Å². The van der Waals surface area contributed by atoms with Crippen LogP contribution in [-0.4, -0.2) is 28.7 Å². The molecule has 1 saturated carbocycles. The highest BCUT2D eigenvalue weighted by Gasteiger charge is 2.18. The number of methoxy groups -OCH3 is 1. The van der Waals surface area contributed by atoms with Crippen LogP contribution in [0.3, 0.4) is 0 Å². The standard InChI is InChI=1S/C14H24N4O/c1-19-10-6-9-12-16-13(18-14(15)17-12)11-7-4-2-3-5-8-11/h11H,2-10H2,1H3,(H2,15,16,17,18). The van der Waals surface area contributed by atoms with Crippen LogP contribution in [0.4, 0.5) is 5.95 Å². The molecule has 2 rings (SSSR count). The van der Waals surface area contributed by atoms with Crippen LogP contribution >= 0.6 is 0 Å². The third kappa shape index (κ3) is 4.42. The Labute approximate surface area is 115 Å². The number of aromatic nitrogens is 3. The smallest absolute Gasteiger partial charge is 0.223 e. The van der Waals surface area contributed by atoms with E-state index in [4.69, 9.17) is 10.5 Å². The van der Waals surface area contributed by atoms with Gasteiger partial charge in [-0.25, -0.2) is 4.98 Å². The van der Waals surface area contributed by atoms with Crippen molar-refractivity contribution in [1.82, 2.24) is 15.0 Å². The van der Waals surface area contributed by atoms with Gasteiger partial charge in [-0.2, -0.15) is 9.97 Å². The number of rotatable bonds is 5. The molecule has 2 N–H and O–H groups in total. The Hall–Kier alpha value is -1.23. The number of hydrogen-bond acceptors (Lipinski definition) is 5. The van der Waals surface area contributed by atoms with Crippen LogP contribution < -0.4 is 5.73 Å². The molecule has 0 radical (unpaired) electrons. The molecule has 0 bridgehead atoms. The van der Waals surface area contributed by atoms with Crippen molar-refractivity contribution in [3.63, 3.8) is 0 Å². The normalized spacial score (nSPS) is 17.3. The molecule has 0 aliphatic heterocycles. The summed E-state index contributed by atoms with van der Waals surface area (Å²) in [4.78, 5) is 13.2. The number of nitrogens with zero attached hydrogens (tertiary/aromatic N) is 3. The number of ether oxygens (including phenoxy) is 1. The van der Waals surface area contributed by atoms with E-state index in [1.54, 1.807) is 7.11 Å². The fourth-order valence-electron chi connectivity index (χ4n) is 2.66. The Kier molecular flexibility index (Phi) is 5.51. The van der Waals surface area contributed by atoms with Gasteiger partial charge in [-0.05, 0) is 19.3 Å². The predicted octanol–water partition coefficient (Wildman–Crippen LogP) is 2.47. The van der Waals surface area contributed by atoms with Crippen molar-refractivity contribution in [1.29, 1.82) is 0 Å². The first-order chi connectivity index (χ1) is 9.29. The lowest BCUT2D eigenvalue weighted by molar-refractivity contribution is 0.194. The van der Waals surface area contributed by atoms with Crippen molar-refractivity contribution in [3.05, 3.63) is 11.6 Å². The van der Waals surface area contributed by atoms with Crippen LogP contribution in [-0.2, 0) is 11.2 Å². The van der Waals surface area contributed by atoms with Gasteiger partial charge in [0.25, 0.3) is 0 Å². The second-order valence-electron chi connectivity index (χ2n) is 5.25. The van der Waals surface area contributed by atoms with E-state index in [9.17, 15) is 0 Å². The lowest BCUT2D eigenvalue weighted by Crippen LogP contribution is -2.11. The molecule has 0 amide bonds. The van der Waals surface area contributed by atoms with Gasteiger partial charge in [0.1, 0.15) is 11.6 Å². The maximum absolute atomic E-state index is 5.82. The molecule has 1 heterocycles. The van der Waals surface area contributed by atoms with E-state index in [2.05, 4.69) is 15.0 Å². The number of aryl methyl sites for hydroxylation is 1. The first kappa shape index (κ1) is 14.2. The quantitative estimate of drug-likeness (QED) is 0.653. The van der Waals surface area contributed by atoms with Crippen LogP contribution in [0.5, 0.6) is 0 Å². The van der Waals surface area contributed by atoms with Crippen LogP contribution in [0.15, 0.2) is 0 Å². The zero-order chi connectivity index (χ0) is 13.5. The number of hydrogen-bond donors (Lipinski definition) is 1.